The van der Waals surface area contributed by atoms with Crippen molar-refractivity contribution in [3.8, 4) is 0 Å². The lowest BCUT2D eigenvalue weighted by atomic mass is 9.99. The van der Waals surface area contributed by atoms with Gasteiger partial charge in [0.1, 0.15) is 24.4 Å². The summed E-state index contributed by atoms with van der Waals surface area (Å²) in [6.07, 6.45) is 64.4. The summed E-state index contributed by atoms with van der Waals surface area (Å²) in [7, 11) is 0. The molecular formula is C72H133NO10. The lowest BCUT2D eigenvalue weighted by Gasteiger charge is -2.41. The van der Waals surface area contributed by atoms with Gasteiger partial charge in [-0.3, -0.25) is 9.59 Å². The Balaban J connectivity index is 2.59. The number of carbonyl (C=O) groups excluding carboxylic acids is 2. The number of ether oxygens (including phenoxy) is 3. The highest BCUT2D eigenvalue weighted by atomic mass is 16.7. The second-order valence-electron chi connectivity index (χ2n) is 24.6. The minimum absolute atomic E-state index is 0.0992. The molecule has 8 atom stereocenters. The molecule has 1 saturated heterocycles. The first kappa shape index (κ1) is 78.6. The first-order valence-electron chi connectivity index (χ1n) is 35.4. The molecule has 0 aliphatic carbocycles. The van der Waals surface area contributed by atoms with Crippen LogP contribution in [0.1, 0.15) is 335 Å². The topological polar surface area (TPSA) is 175 Å². The molecule has 6 N–H and O–H groups in total. The molecule has 1 aliphatic rings. The van der Waals surface area contributed by atoms with E-state index >= 15 is 0 Å². The van der Waals surface area contributed by atoms with Gasteiger partial charge >= 0.3 is 5.97 Å². The van der Waals surface area contributed by atoms with Crippen LogP contribution in [0.15, 0.2) is 48.6 Å². The molecule has 11 heteroatoms. The van der Waals surface area contributed by atoms with Gasteiger partial charge in [0.15, 0.2) is 12.4 Å². The number of carbonyl (C=O) groups is 2. The van der Waals surface area contributed by atoms with Crippen molar-refractivity contribution >= 4 is 11.9 Å². The summed E-state index contributed by atoms with van der Waals surface area (Å²) < 4.78 is 17.7. The van der Waals surface area contributed by atoms with Crippen LogP contribution >= 0.6 is 0 Å². The fourth-order valence-electron chi connectivity index (χ4n) is 11.1. The molecule has 0 radical (unpaired) electrons. The zero-order valence-electron chi connectivity index (χ0n) is 54.1. The minimum atomic E-state index is -1.62. The molecule has 11 nitrogen and oxygen atoms in total. The Hall–Kier alpha value is -2.38. The molecule has 0 aromatic rings. The Labute approximate surface area is 510 Å². The van der Waals surface area contributed by atoms with Crippen LogP contribution < -0.4 is 5.32 Å². The van der Waals surface area contributed by atoms with Gasteiger partial charge in [-0.05, 0) is 64.2 Å². The lowest BCUT2D eigenvalue weighted by Crippen LogP contribution is -2.61. The molecule has 1 rings (SSSR count). The van der Waals surface area contributed by atoms with E-state index in [4.69, 9.17) is 14.2 Å². The van der Waals surface area contributed by atoms with E-state index in [9.17, 15) is 35.1 Å². The summed E-state index contributed by atoms with van der Waals surface area (Å²) in [4.78, 5) is 26.6. The second kappa shape index (κ2) is 59.9. The zero-order chi connectivity index (χ0) is 60.3. The molecule has 0 aromatic heterocycles. The normalized spacial score (nSPS) is 18.8. The van der Waals surface area contributed by atoms with Crippen LogP contribution in [-0.2, 0) is 23.8 Å². The van der Waals surface area contributed by atoms with Crippen molar-refractivity contribution in [1.82, 2.24) is 5.32 Å². The maximum atomic E-state index is 13.5. The summed E-state index contributed by atoms with van der Waals surface area (Å²) in [5.74, 6) is -1.20. The zero-order valence-corrected chi connectivity index (χ0v) is 54.1. The number of hydrogen-bond donors (Lipinski definition) is 6. The van der Waals surface area contributed by atoms with Gasteiger partial charge in [0, 0.05) is 6.42 Å². The minimum Gasteiger partial charge on any atom is -0.454 e. The Kier molecular flexibility index (Phi) is 56.8. The third-order valence-electron chi connectivity index (χ3n) is 16.7. The van der Waals surface area contributed by atoms with Gasteiger partial charge in [-0.1, -0.05) is 313 Å². The molecular weight excluding hydrogens is 1040 g/mol. The van der Waals surface area contributed by atoms with E-state index in [1.807, 2.05) is 6.08 Å². The number of rotatable bonds is 61. The van der Waals surface area contributed by atoms with Gasteiger partial charge < -0.3 is 45.1 Å². The van der Waals surface area contributed by atoms with Gasteiger partial charge in [-0.15, -0.1) is 0 Å². The number of allylic oxidation sites excluding steroid dienone is 7. The monoisotopic (exact) mass is 1170 g/mol. The van der Waals surface area contributed by atoms with Crippen molar-refractivity contribution < 1.29 is 49.3 Å². The Morgan fingerprint density at radius 2 is 0.831 bits per heavy atom. The third kappa shape index (κ3) is 47.4. The van der Waals surface area contributed by atoms with Crippen LogP contribution in [0.3, 0.4) is 0 Å². The van der Waals surface area contributed by atoms with Crippen molar-refractivity contribution in [2.75, 3.05) is 13.2 Å². The summed E-state index contributed by atoms with van der Waals surface area (Å²) in [5.41, 5.74) is 0. The largest absolute Gasteiger partial charge is 0.454 e. The maximum Gasteiger partial charge on any atom is 0.306 e. The molecule has 1 aliphatic heterocycles. The van der Waals surface area contributed by atoms with Gasteiger partial charge in [0.25, 0.3) is 0 Å². The van der Waals surface area contributed by atoms with Crippen molar-refractivity contribution in [2.45, 2.75) is 384 Å². The number of esters is 1. The predicted octanol–water partition coefficient (Wildman–Crippen LogP) is 18.0. The fraction of sp³-hybridized carbons (Fsp3) is 0.861. The van der Waals surface area contributed by atoms with Crippen LogP contribution in [0.4, 0.5) is 0 Å². The Morgan fingerprint density at radius 3 is 1.27 bits per heavy atom. The molecule has 1 amide bonds. The van der Waals surface area contributed by atoms with E-state index in [2.05, 4.69) is 62.5 Å². The summed E-state index contributed by atoms with van der Waals surface area (Å²) in [6, 6.07) is -1.03. The number of aliphatic hydroxyl groups is 5. The molecule has 1 fully saturated rings. The van der Waals surface area contributed by atoms with Gasteiger partial charge in [-0.2, -0.15) is 0 Å². The first-order chi connectivity index (χ1) is 40.7. The van der Waals surface area contributed by atoms with E-state index in [1.54, 1.807) is 6.08 Å². The number of nitrogens with one attached hydrogen (secondary N) is 1. The first-order valence-corrected chi connectivity index (χ1v) is 35.4. The maximum absolute atomic E-state index is 13.5. The van der Waals surface area contributed by atoms with E-state index in [0.717, 1.165) is 83.5 Å². The SMILES string of the molecule is CCCCC/C=C\C/C=C\C/C=C\CCCCCCC(=O)OC1C(OCC(NC(=O)C(O)CCCCCCCCCCCCCCCCCCCCCCCCCC)C(O)/C=C/CCCCCCCCCCCCC)OC(CO)C(O)C1O. The molecule has 8 unspecified atom stereocenters. The number of unbranched alkanes of at least 4 members (excludes halogenated alkanes) is 41. The van der Waals surface area contributed by atoms with E-state index < -0.39 is 67.4 Å². The number of amides is 1. The standard InChI is InChI=1S/C72H133NO10/c1-4-7-10-13-16-19-22-25-27-29-30-31-32-33-34-35-37-38-41-44-47-50-53-56-59-65(76)71(80)73-63(64(75)58-55-52-49-46-43-40-24-21-18-15-12-9-6-3)62-81-72-70(69(79)68(78)66(61-74)82-72)83-67(77)60-57-54-51-48-45-42-39-36-28-26-23-20-17-14-11-8-5-2/h17,20,26,28,39,42,55,58,63-66,68-70,72,74-76,78-79H,4-16,18-19,21-25,27,29-38,40-41,43-54,56-57,59-62H2,1-3H3,(H,73,80)/b20-17-,28-26-,42-39-,58-55+. The van der Waals surface area contributed by atoms with Crippen LogP contribution in [-0.4, -0.2) is 99.6 Å². The molecule has 486 valence electrons. The fourth-order valence-corrected chi connectivity index (χ4v) is 11.1. The summed E-state index contributed by atoms with van der Waals surface area (Å²) in [5, 5.41) is 57.2. The highest BCUT2D eigenvalue weighted by Crippen LogP contribution is 2.26. The number of aliphatic hydroxyl groups excluding tert-OH is 5. The lowest BCUT2D eigenvalue weighted by molar-refractivity contribution is -0.305. The number of hydrogen-bond acceptors (Lipinski definition) is 10. The Bertz CT molecular complexity index is 1540. The van der Waals surface area contributed by atoms with Crippen LogP contribution in [0.25, 0.3) is 0 Å². The average molecular weight is 1170 g/mol. The van der Waals surface area contributed by atoms with Crippen LogP contribution in [0, 0.1) is 0 Å². The van der Waals surface area contributed by atoms with Gasteiger partial charge in [-0.25, -0.2) is 0 Å². The van der Waals surface area contributed by atoms with Crippen LogP contribution in [0.2, 0.25) is 0 Å². The molecule has 83 heavy (non-hydrogen) atoms. The smallest absolute Gasteiger partial charge is 0.306 e. The highest BCUT2D eigenvalue weighted by molar-refractivity contribution is 5.80. The van der Waals surface area contributed by atoms with Crippen molar-refractivity contribution in [1.29, 1.82) is 0 Å². The predicted molar refractivity (Wildman–Crippen MR) is 347 cm³/mol. The molecule has 0 spiro atoms. The average Bonchev–Trinajstić information content (AvgIpc) is 3.58. The van der Waals surface area contributed by atoms with E-state index in [1.165, 1.54) is 205 Å². The third-order valence-corrected chi connectivity index (χ3v) is 16.7. The molecule has 1 heterocycles. The Morgan fingerprint density at radius 1 is 0.470 bits per heavy atom. The van der Waals surface area contributed by atoms with Crippen molar-refractivity contribution in [3.05, 3.63) is 48.6 Å². The molecule has 0 bridgehead atoms. The molecule has 0 saturated carbocycles. The summed E-state index contributed by atoms with van der Waals surface area (Å²) in [6.45, 7) is 5.80. The van der Waals surface area contributed by atoms with Crippen molar-refractivity contribution in [3.63, 3.8) is 0 Å². The van der Waals surface area contributed by atoms with E-state index in [0.29, 0.717) is 19.3 Å². The van der Waals surface area contributed by atoms with Gasteiger partial charge in [0.05, 0.1) is 25.4 Å². The molecule has 0 aromatic carbocycles. The second-order valence-corrected chi connectivity index (χ2v) is 24.6. The van der Waals surface area contributed by atoms with E-state index in [-0.39, 0.29) is 13.0 Å². The quantitative estimate of drug-likeness (QED) is 0.0195. The van der Waals surface area contributed by atoms with Crippen LogP contribution in [0.5, 0.6) is 0 Å². The summed E-state index contributed by atoms with van der Waals surface area (Å²) >= 11 is 0. The van der Waals surface area contributed by atoms with Crippen molar-refractivity contribution in [2.24, 2.45) is 0 Å². The van der Waals surface area contributed by atoms with Gasteiger partial charge in [0.2, 0.25) is 5.91 Å². The highest BCUT2D eigenvalue weighted by Gasteiger charge is 2.47.